The van der Waals surface area contributed by atoms with Crippen LogP contribution in [0.3, 0.4) is 0 Å². The molecule has 0 radical (unpaired) electrons. The van der Waals surface area contributed by atoms with Crippen LogP contribution in [0.4, 0.5) is 14.7 Å². The van der Waals surface area contributed by atoms with E-state index in [1.165, 1.54) is 21.8 Å². The number of anilines is 1. The maximum absolute atomic E-state index is 15.8. The number of nitrogens with two attached hydrogens (primary N) is 1. The molecule has 8 heterocycles. The van der Waals surface area contributed by atoms with Crippen molar-refractivity contribution in [3.63, 3.8) is 0 Å². The molecule has 4 aliphatic rings. The molecular weight excluding hydrogens is 893 g/mol. The zero-order valence-corrected chi connectivity index (χ0v) is 37.0. The number of alkyl halides is 4. The molecule has 0 bridgehead atoms. The van der Waals surface area contributed by atoms with Crippen molar-refractivity contribution in [3.8, 4) is 11.8 Å². The minimum atomic E-state index is -3.16. The molecule has 2 N–H and O–H groups in total. The van der Waals surface area contributed by atoms with Gasteiger partial charge in [-0.1, -0.05) is 23.2 Å². The van der Waals surface area contributed by atoms with Crippen LogP contribution in [0.1, 0.15) is 59.8 Å². The molecule has 320 valence electrons. The smallest absolute Gasteiger partial charge is 0.328 e. The number of nitrogens with zero attached hydrogens (tertiary/aromatic N) is 8. The fourth-order valence-electron chi connectivity index (χ4n) is 6.48. The normalized spacial score (nSPS) is 34.6. The third-order valence-electron chi connectivity index (χ3n) is 8.63. The predicted molar refractivity (Wildman–Crippen MR) is 212 cm³/mol. The van der Waals surface area contributed by atoms with E-state index in [9.17, 15) is 0 Å². The highest BCUT2D eigenvalue weighted by Crippen LogP contribution is 2.63. The molecule has 10 atom stereocenters. The van der Waals surface area contributed by atoms with Crippen molar-refractivity contribution in [1.29, 1.82) is 0 Å². The van der Waals surface area contributed by atoms with Gasteiger partial charge in [-0.05, 0) is 72.1 Å². The molecule has 4 aliphatic heterocycles. The van der Waals surface area contributed by atoms with Crippen LogP contribution in [0, 0.1) is 6.92 Å². The number of rotatable bonds is 10. The van der Waals surface area contributed by atoms with Gasteiger partial charge in [0.15, 0.2) is 34.8 Å². The van der Waals surface area contributed by atoms with Gasteiger partial charge < -0.3 is 42.8 Å². The molecule has 8 rings (SSSR count). The molecule has 0 spiro atoms. The highest BCUT2D eigenvalue weighted by atomic mass is 35.5. The molecule has 19 nitrogen and oxygen atoms in total. The third-order valence-corrected chi connectivity index (χ3v) is 14.4. The number of nitrogen functional groups attached to an aromatic ring is 1. The Balaban J connectivity index is 0.000000177. The van der Waals surface area contributed by atoms with Crippen molar-refractivity contribution in [2.45, 2.75) is 108 Å². The van der Waals surface area contributed by atoms with Crippen LogP contribution in [0.2, 0.25) is 0 Å². The van der Waals surface area contributed by atoms with Gasteiger partial charge in [0, 0.05) is 0 Å². The van der Waals surface area contributed by atoms with Crippen molar-refractivity contribution in [3.05, 3.63) is 18.5 Å². The second-order valence-electron chi connectivity index (χ2n) is 13.7. The van der Waals surface area contributed by atoms with Crippen LogP contribution in [0.15, 0.2) is 12.7 Å². The SMILES string of the molecule is CCOc1nc(C)nc2c1ncn2[C@@H]1O[C@@H]2CO[P@@](=S)(OC(C)C)O[C@H]2[C@@]1(F)Cl.CCOc1nc(N)nc2c1ncn2[C@@H]1O[C@@H]2CO[P@](=S)(OC(C)C)O[C@H]2[C@@]1(F)Cl. The lowest BCUT2D eigenvalue weighted by atomic mass is 10.1. The lowest BCUT2D eigenvalue weighted by molar-refractivity contribution is -0.0636. The van der Waals surface area contributed by atoms with E-state index >= 15 is 8.78 Å². The Labute approximate surface area is 351 Å². The molecule has 27 heteroatoms. The fourth-order valence-corrected chi connectivity index (χ4v) is 12.4. The molecule has 58 heavy (non-hydrogen) atoms. The van der Waals surface area contributed by atoms with E-state index in [0.717, 1.165) is 0 Å². The van der Waals surface area contributed by atoms with Gasteiger partial charge in [0.2, 0.25) is 17.7 Å². The highest BCUT2D eigenvalue weighted by molar-refractivity contribution is 8.07. The Bertz CT molecular complexity index is 2110. The van der Waals surface area contributed by atoms with Crippen molar-refractivity contribution < 1.29 is 54.9 Å². The number of aromatic nitrogens is 8. The molecule has 0 aliphatic carbocycles. The molecule has 0 aromatic carbocycles. The Morgan fingerprint density at radius 2 is 1.22 bits per heavy atom. The number of fused-ring (bicyclic) bond motifs is 4. The number of hydrogen-bond donors (Lipinski definition) is 1. The number of hydrogen-bond acceptors (Lipinski definition) is 19. The second kappa shape index (κ2) is 16.7. The monoisotopic (exact) mass is 933 g/mol. The minimum Gasteiger partial charge on any atom is -0.476 e. The van der Waals surface area contributed by atoms with Gasteiger partial charge in [0.1, 0.15) is 30.2 Å². The Morgan fingerprint density at radius 1 is 0.793 bits per heavy atom. The fraction of sp³-hybridized carbons (Fsp3) is 0.677. The maximum Gasteiger partial charge on any atom is 0.328 e. The summed E-state index contributed by atoms with van der Waals surface area (Å²) in [7, 11) is 0. The number of aryl methyl sites for hydroxylation is 1. The quantitative estimate of drug-likeness (QED) is 0.141. The first-order valence-corrected chi connectivity index (χ1v) is 23.9. The highest BCUT2D eigenvalue weighted by Gasteiger charge is 2.64. The lowest BCUT2D eigenvalue weighted by Gasteiger charge is -2.35. The summed E-state index contributed by atoms with van der Waals surface area (Å²) in [6.45, 7) is 6.91. The van der Waals surface area contributed by atoms with Crippen molar-refractivity contribution in [2.24, 2.45) is 0 Å². The molecule has 4 aromatic heterocycles. The van der Waals surface area contributed by atoms with Gasteiger partial charge in [-0.3, -0.25) is 18.2 Å². The molecule has 4 fully saturated rings. The van der Waals surface area contributed by atoms with Gasteiger partial charge >= 0.3 is 13.4 Å². The van der Waals surface area contributed by atoms with Gasteiger partial charge in [-0.2, -0.15) is 15.0 Å². The van der Waals surface area contributed by atoms with Crippen LogP contribution >= 0.6 is 36.6 Å². The minimum absolute atomic E-state index is 0.00833. The third kappa shape index (κ3) is 8.42. The summed E-state index contributed by atoms with van der Waals surface area (Å²) in [6, 6.07) is 0. The van der Waals surface area contributed by atoms with Gasteiger partial charge in [-0.25, -0.2) is 23.7 Å². The first-order chi connectivity index (χ1) is 27.3. The van der Waals surface area contributed by atoms with Gasteiger partial charge in [0.25, 0.3) is 10.3 Å². The molecule has 0 amide bonds. The molecule has 4 aromatic rings. The Hall–Kier alpha value is -2.08. The summed E-state index contributed by atoms with van der Waals surface area (Å²) in [4.78, 5) is 25.3. The van der Waals surface area contributed by atoms with Crippen molar-refractivity contribution >= 4 is 88.5 Å². The Morgan fingerprint density at radius 3 is 1.66 bits per heavy atom. The van der Waals surface area contributed by atoms with E-state index in [1.54, 1.807) is 41.5 Å². The van der Waals surface area contributed by atoms with Crippen molar-refractivity contribution in [2.75, 3.05) is 32.2 Å². The molecule has 0 saturated carbocycles. The number of halogens is 4. The first kappa shape index (κ1) is 44.0. The first-order valence-electron chi connectivity index (χ1n) is 18.0. The summed E-state index contributed by atoms with van der Waals surface area (Å²) in [5.74, 6) is 0.877. The molecule has 0 unspecified atom stereocenters. The van der Waals surface area contributed by atoms with Crippen LogP contribution in [0.25, 0.3) is 22.3 Å². The van der Waals surface area contributed by atoms with E-state index in [0.29, 0.717) is 41.6 Å². The largest absolute Gasteiger partial charge is 0.476 e. The van der Waals surface area contributed by atoms with E-state index in [2.05, 4.69) is 29.9 Å². The molecule has 4 saturated heterocycles. The molecular formula is C31H41Cl2F2N9O10P2S2. The van der Waals surface area contributed by atoms with Crippen LogP contribution in [-0.2, 0) is 60.2 Å². The summed E-state index contributed by atoms with van der Waals surface area (Å²) < 4.78 is 90.6. The standard InChI is InChI=1S/C16H21ClFN4O5PS.C15H20ClFN5O5PS/c1-5-23-14-11-13(20-9(4)21-14)22(7-19-11)15-16(17,18)12-10(25-15)6-24-28(29,27-12)26-8(2)3;1-4-23-12-9-11(20-14(18)21-12)22(6-19-9)13-15(16,17)10-8(25-13)5-24-28(29,27-10)26-7(2)3/h7-8,10,12,15H,5-6H2,1-4H3;6-8,10,13H,4-5H2,1-3H3,(H2,18,20,21)/t10-,12-,15-,16+,28-;8-,10-,13-,15+,28+/m11/s1. The number of ether oxygens (including phenoxy) is 4. The summed E-state index contributed by atoms with van der Waals surface area (Å²) in [5, 5.41) is -4.94. The van der Waals surface area contributed by atoms with Crippen LogP contribution in [0.5, 0.6) is 11.8 Å². The van der Waals surface area contributed by atoms with E-state index in [1.807, 2.05) is 6.92 Å². The number of imidazole rings is 2. The van der Waals surface area contributed by atoms with Gasteiger partial charge in [-0.15, -0.1) is 0 Å². The second-order valence-corrected chi connectivity index (χ2v) is 20.7. The Kier molecular flexibility index (Phi) is 12.6. The maximum atomic E-state index is 15.8. The van der Waals surface area contributed by atoms with Gasteiger partial charge in [0.05, 0.1) is 51.3 Å². The predicted octanol–water partition coefficient (Wildman–Crippen LogP) is 6.07. The average molecular weight is 935 g/mol. The summed E-state index contributed by atoms with van der Waals surface area (Å²) >= 11 is 23.3. The van der Waals surface area contributed by atoms with Crippen molar-refractivity contribution in [1.82, 2.24) is 39.0 Å². The van der Waals surface area contributed by atoms with Crippen LogP contribution in [-0.4, -0.2) is 112 Å². The average Bonchev–Trinajstić information content (AvgIpc) is 3.86. The summed E-state index contributed by atoms with van der Waals surface area (Å²) in [5.41, 5.74) is 7.01. The zero-order chi connectivity index (χ0) is 41.9. The lowest BCUT2D eigenvalue weighted by Crippen LogP contribution is -2.43. The summed E-state index contributed by atoms with van der Waals surface area (Å²) in [6.07, 6.45) is -4.28. The zero-order valence-electron chi connectivity index (χ0n) is 32.1. The van der Waals surface area contributed by atoms with E-state index in [4.69, 9.17) is 98.6 Å². The van der Waals surface area contributed by atoms with E-state index in [-0.39, 0.29) is 42.9 Å². The van der Waals surface area contributed by atoms with Crippen LogP contribution < -0.4 is 15.2 Å². The topological polar surface area (TPSA) is 206 Å². The van der Waals surface area contributed by atoms with E-state index < -0.39 is 60.6 Å².